The van der Waals surface area contributed by atoms with E-state index in [0.29, 0.717) is 20.8 Å². The molecule has 5 heteroatoms. The maximum Gasteiger partial charge on any atom is 0.139 e. The molecule has 2 aromatic rings. The van der Waals surface area contributed by atoms with Gasteiger partial charge in [0.15, 0.2) is 0 Å². The lowest BCUT2D eigenvalue weighted by Crippen LogP contribution is -2.29. The third-order valence-corrected chi connectivity index (χ3v) is 3.57. The minimum Gasteiger partial charge on any atom is -0.483 e. The Bertz CT molecular complexity index is 601. The van der Waals surface area contributed by atoms with Gasteiger partial charge in [-0.15, -0.1) is 0 Å². The van der Waals surface area contributed by atoms with Crippen LogP contribution in [0.5, 0.6) is 5.75 Å². The van der Waals surface area contributed by atoms with Gasteiger partial charge in [0.25, 0.3) is 0 Å². The van der Waals surface area contributed by atoms with E-state index in [1.807, 2.05) is 25.1 Å². The molecule has 0 aliphatic rings. The van der Waals surface area contributed by atoms with E-state index < -0.39 is 0 Å². The Hall–Kier alpha value is -0.930. The highest BCUT2D eigenvalue weighted by atomic mass is 35.5. The molecule has 2 atom stereocenters. The molecule has 106 valence electrons. The molecular formula is C15H14Cl3NO. The predicted molar refractivity (Wildman–Crippen MR) is 84.9 cm³/mol. The minimum atomic E-state index is -0.340. The Kier molecular flexibility index (Phi) is 5.17. The van der Waals surface area contributed by atoms with Gasteiger partial charge in [0.2, 0.25) is 0 Å². The van der Waals surface area contributed by atoms with Crippen LogP contribution in [0.15, 0.2) is 42.5 Å². The standard InChI is InChI=1S/C15H14Cl3NO/c1-9(19)15(10-3-2-4-11(16)7-10)20-14-6-5-12(17)8-13(14)18/h2-9,15H,19H2,1H3. The van der Waals surface area contributed by atoms with E-state index in [2.05, 4.69) is 0 Å². The van der Waals surface area contributed by atoms with Gasteiger partial charge in [0.1, 0.15) is 11.9 Å². The van der Waals surface area contributed by atoms with Crippen molar-refractivity contribution < 1.29 is 4.74 Å². The second-order valence-corrected chi connectivity index (χ2v) is 5.81. The summed E-state index contributed by atoms with van der Waals surface area (Å²) in [7, 11) is 0. The fourth-order valence-corrected chi connectivity index (χ4v) is 2.52. The van der Waals surface area contributed by atoms with E-state index in [0.717, 1.165) is 5.56 Å². The highest BCUT2D eigenvalue weighted by molar-refractivity contribution is 6.35. The Morgan fingerprint density at radius 2 is 1.70 bits per heavy atom. The van der Waals surface area contributed by atoms with Crippen LogP contribution in [0.4, 0.5) is 0 Å². The summed E-state index contributed by atoms with van der Waals surface area (Å²) in [5, 5.41) is 1.64. The van der Waals surface area contributed by atoms with Crippen LogP contribution in [-0.2, 0) is 0 Å². The first-order valence-electron chi connectivity index (χ1n) is 6.10. The topological polar surface area (TPSA) is 35.2 Å². The summed E-state index contributed by atoms with van der Waals surface area (Å²) in [5.74, 6) is 0.540. The molecule has 2 N–H and O–H groups in total. The Morgan fingerprint density at radius 1 is 1.00 bits per heavy atom. The number of hydrogen-bond donors (Lipinski definition) is 1. The molecule has 0 aliphatic heterocycles. The number of benzene rings is 2. The quantitative estimate of drug-likeness (QED) is 0.845. The number of nitrogens with two attached hydrogens (primary N) is 1. The van der Waals surface area contributed by atoms with Gasteiger partial charge in [-0.25, -0.2) is 0 Å². The van der Waals surface area contributed by atoms with Gasteiger partial charge in [0, 0.05) is 16.1 Å². The fourth-order valence-electron chi connectivity index (χ4n) is 1.87. The SMILES string of the molecule is CC(N)C(Oc1ccc(Cl)cc1Cl)c1cccc(Cl)c1. The number of hydrogen-bond acceptors (Lipinski definition) is 2. The average Bonchev–Trinajstić information content (AvgIpc) is 2.37. The smallest absolute Gasteiger partial charge is 0.139 e. The summed E-state index contributed by atoms with van der Waals surface area (Å²) in [6, 6.07) is 12.3. The van der Waals surface area contributed by atoms with E-state index >= 15 is 0 Å². The zero-order chi connectivity index (χ0) is 14.7. The van der Waals surface area contributed by atoms with Crippen LogP contribution < -0.4 is 10.5 Å². The van der Waals surface area contributed by atoms with E-state index in [4.69, 9.17) is 45.3 Å². The van der Waals surface area contributed by atoms with Gasteiger partial charge >= 0.3 is 0 Å². The number of halogens is 3. The lowest BCUT2D eigenvalue weighted by Gasteiger charge is -2.23. The maximum atomic E-state index is 6.12. The molecule has 2 rings (SSSR count). The molecule has 2 unspecified atom stereocenters. The van der Waals surface area contributed by atoms with Crippen LogP contribution in [0, 0.1) is 0 Å². The van der Waals surface area contributed by atoms with Gasteiger partial charge in [-0.2, -0.15) is 0 Å². The van der Waals surface area contributed by atoms with Crippen molar-refractivity contribution >= 4 is 34.8 Å². The molecule has 0 spiro atoms. The highest BCUT2D eigenvalue weighted by Crippen LogP contribution is 2.32. The van der Waals surface area contributed by atoms with Crippen molar-refractivity contribution in [2.45, 2.75) is 19.1 Å². The van der Waals surface area contributed by atoms with E-state index in [1.54, 1.807) is 24.3 Å². The average molecular weight is 331 g/mol. The predicted octanol–water partition coefficient (Wildman–Crippen LogP) is 5.11. The molecule has 0 fully saturated rings. The summed E-state index contributed by atoms with van der Waals surface area (Å²) in [4.78, 5) is 0. The second kappa shape index (κ2) is 6.68. The zero-order valence-electron chi connectivity index (χ0n) is 10.8. The van der Waals surface area contributed by atoms with Gasteiger partial charge in [-0.05, 0) is 42.8 Å². The summed E-state index contributed by atoms with van der Waals surface area (Å²) in [5.41, 5.74) is 6.91. The normalized spacial score (nSPS) is 13.8. The molecule has 0 heterocycles. The molecule has 2 nitrogen and oxygen atoms in total. The van der Waals surface area contributed by atoms with Gasteiger partial charge in [0.05, 0.1) is 5.02 Å². The molecule has 0 amide bonds. The summed E-state index contributed by atoms with van der Waals surface area (Å²) in [6.45, 7) is 1.87. The van der Waals surface area contributed by atoms with Gasteiger partial charge in [-0.1, -0.05) is 46.9 Å². The monoisotopic (exact) mass is 329 g/mol. The lowest BCUT2D eigenvalue weighted by molar-refractivity contribution is 0.180. The van der Waals surface area contributed by atoms with Crippen molar-refractivity contribution in [3.05, 3.63) is 63.1 Å². The largest absolute Gasteiger partial charge is 0.483 e. The molecule has 20 heavy (non-hydrogen) atoms. The highest BCUT2D eigenvalue weighted by Gasteiger charge is 2.19. The van der Waals surface area contributed by atoms with E-state index in [1.165, 1.54) is 0 Å². The van der Waals surface area contributed by atoms with Gasteiger partial charge < -0.3 is 10.5 Å². The Morgan fingerprint density at radius 3 is 2.30 bits per heavy atom. The van der Waals surface area contributed by atoms with Gasteiger partial charge in [-0.3, -0.25) is 0 Å². The molecule has 0 radical (unpaired) electrons. The third kappa shape index (κ3) is 3.80. The number of ether oxygens (including phenoxy) is 1. The molecule has 0 saturated heterocycles. The molecular weight excluding hydrogens is 317 g/mol. The third-order valence-electron chi connectivity index (χ3n) is 2.80. The van der Waals surface area contributed by atoms with Crippen molar-refractivity contribution in [2.24, 2.45) is 5.73 Å². The van der Waals surface area contributed by atoms with Crippen LogP contribution in [0.25, 0.3) is 0 Å². The maximum absolute atomic E-state index is 6.12. The molecule has 0 aliphatic carbocycles. The Labute approximate surface area is 133 Å². The van der Waals surface area contributed by atoms with Crippen molar-refractivity contribution in [1.82, 2.24) is 0 Å². The summed E-state index contributed by atoms with van der Waals surface area (Å²) in [6.07, 6.45) is -0.340. The fraction of sp³-hybridized carbons (Fsp3) is 0.200. The lowest BCUT2D eigenvalue weighted by atomic mass is 10.0. The first kappa shape index (κ1) is 15.5. The van der Waals surface area contributed by atoms with E-state index in [9.17, 15) is 0 Å². The van der Waals surface area contributed by atoms with E-state index in [-0.39, 0.29) is 12.1 Å². The number of rotatable bonds is 4. The van der Waals surface area contributed by atoms with Crippen LogP contribution in [0.1, 0.15) is 18.6 Å². The van der Waals surface area contributed by atoms with Crippen LogP contribution in [0.3, 0.4) is 0 Å². The van der Waals surface area contributed by atoms with Crippen molar-refractivity contribution in [3.63, 3.8) is 0 Å². The van der Waals surface area contributed by atoms with Crippen LogP contribution >= 0.6 is 34.8 Å². The molecule has 2 aromatic carbocycles. The first-order valence-corrected chi connectivity index (χ1v) is 7.23. The molecule has 0 bridgehead atoms. The molecule has 0 aromatic heterocycles. The minimum absolute atomic E-state index is 0.222. The van der Waals surface area contributed by atoms with Crippen molar-refractivity contribution in [2.75, 3.05) is 0 Å². The summed E-state index contributed by atoms with van der Waals surface area (Å²) < 4.78 is 5.93. The summed E-state index contributed by atoms with van der Waals surface area (Å²) >= 11 is 18.0. The Balaban J connectivity index is 2.30. The van der Waals surface area contributed by atoms with Crippen LogP contribution in [-0.4, -0.2) is 6.04 Å². The van der Waals surface area contributed by atoms with Crippen molar-refractivity contribution in [3.8, 4) is 5.75 Å². The zero-order valence-corrected chi connectivity index (χ0v) is 13.1. The van der Waals surface area contributed by atoms with Crippen molar-refractivity contribution in [1.29, 1.82) is 0 Å². The molecule has 0 saturated carbocycles. The van der Waals surface area contributed by atoms with Crippen LogP contribution in [0.2, 0.25) is 15.1 Å². The first-order chi connectivity index (χ1) is 9.47. The second-order valence-electron chi connectivity index (χ2n) is 4.53.